The molecule has 1 saturated heterocycles. The van der Waals surface area contributed by atoms with E-state index in [2.05, 4.69) is 17.1 Å². The summed E-state index contributed by atoms with van der Waals surface area (Å²) in [6.07, 6.45) is -0.878. The SMILES string of the molecule is CCOC(=O)Nc1ccc(-c2nc(N3CCOCC3C)nc3c2CN(C(=O)OC(C)(C)C)C3)cc1. The van der Waals surface area contributed by atoms with E-state index in [1.54, 1.807) is 24.0 Å². The van der Waals surface area contributed by atoms with Crippen LogP contribution >= 0.6 is 0 Å². The standard InChI is InChI=1S/C25H33N5O5/c1-6-34-23(31)26-18-9-7-17(8-10-18)21-19-13-29(24(32)35-25(3,4)5)14-20(19)27-22(28-21)30-11-12-33-15-16(30)2/h7-10,16H,6,11-15H2,1-5H3,(H,26,31). The van der Waals surface area contributed by atoms with Gasteiger partial charge in [0.2, 0.25) is 5.95 Å². The summed E-state index contributed by atoms with van der Waals surface area (Å²) in [5.74, 6) is 0.620. The van der Waals surface area contributed by atoms with Gasteiger partial charge < -0.3 is 19.1 Å². The Morgan fingerprint density at radius 2 is 1.91 bits per heavy atom. The topological polar surface area (TPSA) is 106 Å². The van der Waals surface area contributed by atoms with Gasteiger partial charge in [-0.1, -0.05) is 12.1 Å². The van der Waals surface area contributed by atoms with E-state index in [4.69, 9.17) is 24.2 Å². The normalized spacial score (nSPS) is 17.7. The molecular weight excluding hydrogens is 450 g/mol. The van der Waals surface area contributed by atoms with Gasteiger partial charge in [-0.05, 0) is 46.8 Å². The van der Waals surface area contributed by atoms with Gasteiger partial charge in [0, 0.05) is 23.4 Å². The van der Waals surface area contributed by atoms with Crippen LogP contribution in [0.25, 0.3) is 11.3 Å². The van der Waals surface area contributed by atoms with Crippen molar-refractivity contribution in [2.45, 2.75) is 59.4 Å². The third-order valence-electron chi connectivity index (χ3n) is 5.73. The molecule has 2 aliphatic rings. The van der Waals surface area contributed by atoms with E-state index in [0.29, 0.717) is 51.1 Å². The molecule has 1 atom stereocenters. The molecule has 188 valence electrons. The molecule has 10 heteroatoms. The monoisotopic (exact) mass is 483 g/mol. The van der Waals surface area contributed by atoms with Gasteiger partial charge in [-0.2, -0.15) is 0 Å². The first kappa shape index (κ1) is 24.7. The number of amides is 2. The van der Waals surface area contributed by atoms with Crippen LogP contribution in [0.3, 0.4) is 0 Å². The first-order valence-corrected chi connectivity index (χ1v) is 11.9. The molecule has 0 spiro atoms. The number of carbonyl (C=O) groups excluding carboxylic acids is 2. The number of rotatable bonds is 4. The number of hydrogen-bond donors (Lipinski definition) is 1. The van der Waals surface area contributed by atoms with Gasteiger partial charge in [0.15, 0.2) is 0 Å². The summed E-state index contributed by atoms with van der Waals surface area (Å²) in [7, 11) is 0. The lowest BCUT2D eigenvalue weighted by Crippen LogP contribution is -2.44. The predicted molar refractivity (Wildman–Crippen MR) is 131 cm³/mol. The molecule has 10 nitrogen and oxygen atoms in total. The minimum atomic E-state index is -0.587. The van der Waals surface area contributed by atoms with Crippen molar-refractivity contribution < 1.29 is 23.8 Å². The zero-order valence-corrected chi connectivity index (χ0v) is 21.0. The molecule has 0 aliphatic carbocycles. The van der Waals surface area contributed by atoms with Crippen LogP contribution < -0.4 is 10.2 Å². The lowest BCUT2D eigenvalue weighted by Gasteiger charge is -2.33. The van der Waals surface area contributed by atoms with Gasteiger partial charge in [0.1, 0.15) is 5.60 Å². The van der Waals surface area contributed by atoms with E-state index in [-0.39, 0.29) is 12.1 Å². The Balaban J connectivity index is 1.67. The van der Waals surface area contributed by atoms with E-state index >= 15 is 0 Å². The Bertz CT molecular complexity index is 1080. The maximum absolute atomic E-state index is 12.8. The zero-order valence-electron chi connectivity index (χ0n) is 21.0. The molecule has 1 aromatic heterocycles. The van der Waals surface area contributed by atoms with Crippen LogP contribution in [0.1, 0.15) is 45.9 Å². The third-order valence-corrected chi connectivity index (χ3v) is 5.73. The molecule has 3 heterocycles. The van der Waals surface area contributed by atoms with Crippen LogP contribution in [0.4, 0.5) is 21.2 Å². The summed E-state index contributed by atoms with van der Waals surface area (Å²) >= 11 is 0. The number of aromatic nitrogens is 2. The van der Waals surface area contributed by atoms with Crippen molar-refractivity contribution in [1.82, 2.24) is 14.9 Å². The van der Waals surface area contributed by atoms with E-state index in [9.17, 15) is 9.59 Å². The highest BCUT2D eigenvalue weighted by Crippen LogP contribution is 2.34. The highest BCUT2D eigenvalue weighted by molar-refractivity contribution is 5.85. The lowest BCUT2D eigenvalue weighted by atomic mass is 10.1. The van der Waals surface area contributed by atoms with Gasteiger partial charge in [0.05, 0.1) is 50.3 Å². The number of nitrogens with zero attached hydrogens (tertiary/aromatic N) is 4. The largest absolute Gasteiger partial charge is 0.450 e. The molecule has 2 aliphatic heterocycles. The number of morpholine rings is 1. The minimum Gasteiger partial charge on any atom is -0.450 e. The zero-order chi connectivity index (χ0) is 25.2. The first-order valence-electron chi connectivity index (χ1n) is 11.9. The maximum atomic E-state index is 12.8. The average Bonchev–Trinajstić information content (AvgIpc) is 3.23. The van der Waals surface area contributed by atoms with Gasteiger partial charge in [0.25, 0.3) is 0 Å². The Morgan fingerprint density at radius 3 is 2.57 bits per heavy atom. The third kappa shape index (κ3) is 5.82. The van der Waals surface area contributed by atoms with Crippen LogP contribution in [-0.2, 0) is 27.3 Å². The van der Waals surface area contributed by atoms with Crippen LogP contribution in [-0.4, -0.2) is 65.1 Å². The number of nitrogens with one attached hydrogen (secondary N) is 1. The fourth-order valence-electron chi connectivity index (χ4n) is 4.09. The van der Waals surface area contributed by atoms with Gasteiger partial charge >= 0.3 is 12.2 Å². The van der Waals surface area contributed by atoms with Gasteiger partial charge in [-0.3, -0.25) is 10.2 Å². The van der Waals surface area contributed by atoms with E-state index in [0.717, 1.165) is 22.5 Å². The number of hydrogen-bond acceptors (Lipinski definition) is 8. The molecule has 35 heavy (non-hydrogen) atoms. The molecule has 1 N–H and O–H groups in total. The molecule has 2 aromatic rings. The molecule has 1 aromatic carbocycles. The van der Waals surface area contributed by atoms with Crippen molar-refractivity contribution in [2.24, 2.45) is 0 Å². The molecular formula is C25H33N5O5. The summed E-state index contributed by atoms with van der Waals surface area (Å²) in [5, 5.41) is 2.70. The minimum absolute atomic E-state index is 0.133. The predicted octanol–water partition coefficient (Wildman–Crippen LogP) is 4.19. The lowest BCUT2D eigenvalue weighted by molar-refractivity contribution is 0.0241. The van der Waals surface area contributed by atoms with Crippen molar-refractivity contribution in [3.05, 3.63) is 35.5 Å². The van der Waals surface area contributed by atoms with Crippen LogP contribution in [0.15, 0.2) is 24.3 Å². The summed E-state index contributed by atoms with van der Waals surface area (Å²) in [6.45, 7) is 12.3. The number of anilines is 2. The Hall–Kier alpha value is -3.40. The van der Waals surface area contributed by atoms with Crippen LogP contribution in [0, 0.1) is 0 Å². The molecule has 0 radical (unpaired) electrons. The van der Waals surface area contributed by atoms with Gasteiger partial charge in [-0.25, -0.2) is 19.6 Å². The summed E-state index contributed by atoms with van der Waals surface area (Å²) in [5.41, 5.74) is 3.37. The van der Waals surface area contributed by atoms with Crippen molar-refractivity contribution >= 4 is 23.8 Å². The van der Waals surface area contributed by atoms with Crippen molar-refractivity contribution in [2.75, 3.05) is 36.6 Å². The van der Waals surface area contributed by atoms with E-state index in [1.165, 1.54) is 0 Å². The smallest absolute Gasteiger partial charge is 0.411 e. The second-order valence-corrected chi connectivity index (χ2v) is 9.67. The Morgan fingerprint density at radius 1 is 1.17 bits per heavy atom. The second-order valence-electron chi connectivity index (χ2n) is 9.67. The Labute approximate surface area is 205 Å². The number of carbonyl (C=O) groups is 2. The molecule has 2 amide bonds. The maximum Gasteiger partial charge on any atom is 0.411 e. The average molecular weight is 484 g/mol. The molecule has 0 bridgehead atoms. The Kier molecular flexibility index (Phi) is 7.11. The van der Waals surface area contributed by atoms with Gasteiger partial charge in [-0.15, -0.1) is 0 Å². The molecule has 0 saturated carbocycles. The number of benzene rings is 1. The fourth-order valence-corrected chi connectivity index (χ4v) is 4.09. The number of fused-ring (bicyclic) bond motifs is 1. The first-order chi connectivity index (χ1) is 16.6. The summed E-state index contributed by atoms with van der Waals surface area (Å²) < 4.78 is 16.1. The van der Waals surface area contributed by atoms with Crippen LogP contribution in [0.5, 0.6) is 0 Å². The fraction of sp³-hybridized carbons (Fsp3) is 0.520. The highest BCUT2D eigenvalue weighted by atomic mass is 16.6. The van der Waals surface area contributed by atoms with Crippen molar-refractivity contribution in [1.29, 1.82) is 0 Å². The van der Waals surface area contributed by atoms with Crippen molar-refractivity contribution in [3.63, 3.8) is 0 Å². The highest BCUT2D eigenvalue weighted by Gasteiger charge is 2.33. The van der Waals surface area contributed by atoms with E-state index < -0.39 is 11.7 Å². The van der Waals surface area contributed by atoms with E-state index in [1.807, 2.05) is 32.9 Å². The summed E-state index contributed by atoms with van der Waals surface area (Å²) in [6, 6.07) is 7.53. The number of ether oxygens (including phenoxy) is 3. The molecule has 4 rings (SSSR count). The molecule has 1 unspecified atom stereocenters. The summed E-state index contributed by atoms with van der Waals surface area (Å²) in [4.78, 5) is 38.1. The second kappa shape index (κ2) is 10.1. The van der Waals surface area contributed by atoms with Crippen molar-refractivity contribution in [3.8, 4) is 11.3 Å². The quantitative estimate of drug-likeness (QED) is 0.690. The van der Waals surface area contributed by atoms with Crippen LogP contribution in [0.2, 0.25) is 0 Å². The molecule has 1 fully saturated rings.